The lowest BCUT2D eigenvalue weighted by atomic mass is 9.85. The Bertz CT molecular complexity index is 1290. The van der Waals surface area contributed by atoms with E-state index in [9.17, 15) is 49.7 Å². The molecule has 1 aliphatic carbocycles. The Hall–Kier alpha value is -2.23. The van der Waals surface area contributed by atoms with Crippen molar-refractivity contribution < 1.29 is 68.2 Å². The van der Waals surface area contributed by atoms with Crippen LogP contribution in [0.15, 0.2) is 48.6 Å². The van der Waals surface area contributed by atoms with Crippen molar-refractivity contribution in [3.05, 3.63) is 48.6 Å². The van der Waals surface area contributed by atoms with Crippen LogP contribution >= 0.6 is 7.82 Å². The zero-order valence-corrected chi connectivity index (χ0v) is 38.7. The molecule has 7 unspecified atom stereocenters. The molecule has 0 aromatic rings. The van der Waals surface area contributed by atoms with E-state index in [1.807, 2.05) is 12.2 Å². The highest BCUT2D eigenvalue weighted by atomic mass is 31.2. The Morgan fingerprint density at radius 2 is 1.06 bits per heavy atom. The first-order valence-corrected chi connectivity index (χ1v) is 25.0. The summed E-state index contributed by atoms with van der Waals surface area (Å²) < 4.78 is 33.4. The average molecular weight is 903 g/mol. The van der Waals surface area contributed by atoms with Gasteiger partial charge in [-0.25, -0.2) is 4.57 Å². The number of hydrogen-bond acceptors (Lipinski definition) is 13. The second-order valence-electron chi connectivity index (χ2n) is 16.5. The van der Waals surface area contributed by atoms with Crippen LogP contribution in [0.4, 0.5) is 0 Å². The monoisotopic (exact) mass is 903 g/mol. The molecule has 0 aromatic carbocycles. The van der Waals surface area contributed by atoms with E-state index >= 15 is 0 Å². The minimum absolute atomic E-state index is 0.128. The zero-order chi connectivity index (χ0) is 45.9. The number of phosphoric acid groups is 1. The lowest BCUT2D eigenvalue weighted by Crippen LogP contribution is -2.64. The number of rotatable bonds is 38. The van der Waals surface area contributed by atoms with Gasteiger partial charge in [-0.2, -0.15) is 0 Å². The van der Waals surface area contributed by atoms with Gasteiger partial charge in [0, 0.05) is 12.8 Å². The summed E-state index contributed by atoms with van der Waals surface area (Å²) in [5.41, 5.74) is 0. The number of allylic oxidation sites excluding steroid dienone is 7. The van der Waals surface area contributed by atoms with Crippen LogP contribution in [-0.4, -0.2) is 110 Å². The maximum absolute atomic E-state index is 12.8. The van der Waals surface area contributed by atoms with E-state index in [4.69, 9.17) is 18.5 Å². The number of carbonyl (C=O) groups excluding carboxylic acids is 2. The summed E-state index contributed by atoms with van der Waals surface area (Å²) in [6.45, 7) is 3.11. The summed E-state index contributed by atoms with van der Waals surface area (Å²) >= 11 is 0. The number of carbonyl (C=O) groups is 2. The maximum atomic E-state index is 12.8. The molecule has 1 rings (SSSR count). The van der Waals surface area contributed by atoms with Crippen molar-refractivity contribution in [1.82, 2.24) is 0 Å². The highest BCUT2D eigenvalue weighted by Crippen LogP contribution is 2.47. The summed E-state index contributed by atoms with van der Waals surface area (Å²) in [7, 11) is -5.17. The molecular weight excluding hydrogens is 819 g/mol. The fourth-order valence-corrected chi connectivity index (χ4v) is 7.89. The van der Waals surface area contributed by atoms with Crippen LogP contribution in [0.3, 0.4) is 0 Å². The van der Waals surface area contributed by atoms with E-state index in [0.717, 1.165) is 44.9 Å². The molecule has 0 spiro atoms. The zero-order valence-electron chi connectivity index (χ0n) is 37.8. The SMILES string of the molecule is CCCCC/C=C/C/C=C/C/C=C/C=C/C(O)CCCC(=O)OC(COC(=O)CCCCCCCCCCCCCCCCC)COP(=O)(O)OC1C(O)C(O)C(O)C(O)C1O. The Labute approximate surface area is 372 Å². The van der Waals surface area contributed by atoms with Crippen LogP contribution in [0.25, 0.3) is 0 Å². The number of aliphatic hydroxyl groups excluding tert-OH is 6. The van der Waals surface area contributed by atoms with Crippen LogP contribution in [0.5, 0.6) is 0 Å². The fraction of sp³-hybridized carbons (Fsp3) is 0.787. The molecule has 7 N–H and O–H groups in total. The summed E-state index contributed by atoms with van der Waals surface area (Å²) in [5.74, 6) is -1.30. The second-order valence-corrected chi connectivity index (χ2v) is 17.9. The lowest BCUT2D eigenvalue weighted by Gasteiger charge is -2.41. The molecule has 1 aliphatic rings. The summed E-state index contributed by atoms with van der Waals surface area (Å²) in [5, 5.41) is 60.5. The van der Waals surface area contributed by atoms with Gasteiger partial charge in [0.1, 0.15) is 43.2 Å². The van der Waals surface area contributed by atoms with Crippen LogP contribution in [0.1, 0.15) is 174 Å². The number of phosphoric ester groups is 1. The molecule has 0 radical (unpaired) electrons. The minimum Gasteiger partial charge on any atom is -0.462 e. The molecule has 0 amide bonds. The highest BCUT2D eigenvalue weighted by Gasteiger charge is 2.51. The molecule has 0 aromatic heterocycles. The van der Waals surface area contributed by atoms with E-state index in [2.05, 4.69) is 38.2 Å². The molecule has 1 saturated carbocycles. The molecule has 15 heteroatoms. The van der Waals surface area contributed by atoms with Crippen molar-refractivity contribution in [3.63, 3.8) is 0 Å². The van der Waals surface area contributed by atoms with Crippen LogP contribution in [-0.2, 0) is 32.7 Å². The van der Waals surface area contributed by atoms with Gasteiger partial charge in [0.25, 0.3) is 0 Å². The molecule has 0 saturated heterocycles. The fourth-order valence-electron chi connectivity index (χ4n) is 6.92. The molecule has 62 heavy (non-hydrogen) atoms. The van der Waals surface area contributed by atoms with Gasteiger partial charge in [0.05, 0.1) is 12.7 Å². The first kappa shape index (κ1) is 57.8. The van der Waals surface area contributed by atoms with E-state index in [1.165, 1.54) is 83.5 Å². The van der Waals surface area contributed by atoms with E-state index in [0.29, 0.717) is 6.42 Å². The third-order valence-electron chi connectivity index (χ3n) is 10.8. The number of unbranched alkanes of at least 4 members (excludes halogenated alkanes) is 17. The molecule has 1 fully saturated rings. The number of esters is 2. The topological polar surface area (TPSA) is 230 Å². The molecule has 7 atom stereocenters. The normalized spacial score (nSPS) is 22.8. The summed E-state index contributed by atoms with van der Waals surface area (Å²) in [6, 6.07) is 0. The molecule has 0 heterocycles. The quantitative estimate of drug-likeness (QED) is 0.0102. The van der Waals surface area contributed by atoms with E-state index in [-0.39, 0.29) is 25.7 Å². The molecule has 0 aliphatic heterocycles. The van der Waals surface area contributed by atoms with Crippen LogP contribution < -0.4 is 0 Å². The van der Waals surface area contributed by atoms with Crippen molar-refractivity contribution in [2.75, 3.05) is 13.2 Å². The molecule has 360 valence electrons. The third kappa shape index (κ3) is 29.3. The largest absolute Gasteiger partial charge is 0.472 e. The molecule has 14 nitrogen and oxygen atoms in total. The van der Waals surface area contributed by atoms with E-state index < -0.39 is 81.8 Å². The summed E-state index contributed by atoms with van der Waals surface area (Å²) in [6.07, 6.45) is 26.1. The van der Waals surface area contributed by atoms with Gasteiger partial charge < -0.3 is 45.0 Å². The highest BCUT2D eigenvalue weighted by molar-refractivity contribution is 7.47. The maximum Gasteiger partial charge on any atom is 0.472 e. The average Bonchev–Trinajstić information content (AvgIpc) is 3.25. The Morgan fingerprint density at radius 1 is 0.581 bits per heavy atom. The van der Waals surface area contributed by atoms with Crippen LogP contribution in [0, 0.1) is 0 Å². The minimum atomic E-state index is -5.17. The number of ether oxygens (including phenoxy) is 2. The predicted molar refractivity (Wildman–Crippen MR) is 241 cm³/mol. The Balaban J connectivity index is 2.55. The predicted octanol–water partition coefficient (Wildman–Crippen LogP) is 8.14. The van der Waals surface area contributed by atoms with Crippen molar-refractivity contribution >= 4 is 19.8 Å². The van der Waals surface area contributed by atoms with Gasteiger partial charge >= 0.3 is 19.8 Å². The van der Waals surface area contributed by atoms with Gasteiger partial charge in [-0.05, 0) is 44.9 Å². The van der Waals surface area contributed by atoms with Gasteiger partial charge in [0.15, 0.2) is 6.10 Å². The first-order chi connectivity index (χ1) is 29.8. The number of hydrogen-bond donors (Lipinski definition) is 7. The van der Waals surface area contributed by atoms with Gasteiger partial charge in [-0.3, -0.25) is 18.6 Å². The molecule has 0 bridgehead atoms. The van der Waals surface area contributed by atoms with Crippen molar-refractivity contribution in [1.29, 1.82) is 0 Å². The lowest BCUT2D eigenvalue weighted by molar-refractivity contribution is -0.220. The standard InChI is InChI=1S/C47H83O14P/c1-3-5-7-9-11-13-15-17-18-20-22-24-26-28-30-34-40(49)58-36-39(37-59-62(56,57)61-47-45(54)43(52)42(51)44(53)46(47)55)60-41(50)35-31-33-38(48)32-29-27-25-23-21-19-16-14-12-10-8-6-4-2/h12,14,19,21,25,27,29,32,38-39,42-48,51-55H,3-11,13,15-18,20,22-24,26,28,30-31,33-37H2,1-2H3,(H,56,57)/b14-12+,21-19+,27-25+,32-29+. The smallest absolute Gasteiger partial charge is 0.462 e. The second kappa shape index (κ2) is 37.0. The van der Waals surface area contributed by atoms with Crippen molar-refractivity contribution in [2.45, 2.75) is 223 Å². The Morgan fingerprint density at radius 3 is 1.65 bits per heavy atom. The van der Waals surface area contributed by atoms with Crippen molar-refractivity contribution in [2.24, 2.45) is 0 Å². The first-order valence-electron chi connectivity index (χ1n) is 23.5. The van der Waals surface area contributed by atoms with Crippen molar-refractivity contribution in [3.8, 4) is 0 Å². The Kier molecular flexibility index (Phi) is 34.5. The van der Waals surface area contributed by atoms with Gasteiger partial charge in [-0.15, -0.1) is 0 Å². The van der Waals surface area contributed by atoms with Crippen LogP contribution in [0.2, 0.25) is 0 Å². The molecular formula is C47H83O14P. The number of aliphatic hydroxyl groups is 6. The van der Waals surface area contributed by atoms with Gasteiger partial charge in [0.2, 0.25) is 0 Å². The van der Waals surface area contributed by atoms with Gasteiger partial charge in [-0.1, -0.05) is 165 Å². The summed E-state index contributed by atoms with van der Waals surface area (Å²) in [4.78, 5) is 35.7. The third-order valence-corrected chi connectivity index (χ3v) is 11.8. The van der Waals surface area contributed by atoms with E-state index in [1.54, 1.807) is 12.2 Å².